The lowest BCUT2D eigenvalue weighted by Crippen LogP contribution is -2.10. The van der Waals surface area contributed by atoms with Crippen molar-refractivity contribution >= 4 is 38.9 Å². The first-order valence-corrected chi connectivity index (χ1v) is 13.4. The van der Waals surface area contributed by atoms with Gasteiger partial charge >= 0.3 is 0 Å². The van der Waals surface area contributed by atoms with E-state index in [0.29, 0.717) is 5.56 Å². The van der Waals surface area contributed by atoms with Gasteiger partial charge in [0.05, 0.1) is 28.4 Å². The summed E-state index contributed by atoms with van der Waals surface area (Å²) in [5.41, 5.74) is 9.61. The first kappa shape index (κ1) is 23.5. The molecule has 0 spiro atoms. The number of rotatable bonds is 5. The molecular weight excluding hydrogens is 486 g/mol. The predicted molar refractivity (Wildman–Crippen MR) is 166 cm³/mol. The third-order valence-corrected chi connectivity index (χ3v) is 7.42. The van der Waals surface area contributed by atoms with E-state index in [1.807, 2.05) is 36.4 Å². The summed E-state index contributed by atoms with van der Waals surface area (Å²) in [5, 5.41) is 11.8. The van der Waals surface area contributed by atoms with E-state index >= 15 is 0 Å². The zero-order valence-electron chi connectivity index (χ0n) is 21.8. The second-order valence-electron chi connectivity index (χ2n) is 9.77. The van der Waals surface area contributed by atoms with Crippen molar-refractivity contribution < 1.29 is 0 Å². The first-order valence-electron chi connectivity index (χ1n) is 13.4. The maximum absolute atomic E-state index is 9.39. The van der Waals surface area contributed by atoms with E-state index in [-0.39, 0.29) is 0 Å². The standard InChI is InChI=1S/C37H25N3/c38-26-27-18-22-31(23-19-27)39(30-12-5-2-6-13-30)35-16-9-17-36-37(35)33-14-7-8-15-34(33)40(36)32-24-20-29(21-25-32)28-10-3-1-4-11-28/h1-25H. The van der Waals surface area contributed by atoms with Gasteiger partial charge in [-0.2, -0.15) is 5.26 Å². The summed E-state index contributed by atoms with van der Waals surface area (Å²) in [4.78, 5) is 2.28. The predicted octanol–water partition coefficient (Wildman–Crippen LogP) is 9.79. The molecule has 0 bridgehead atoms. The number of nitriles is 1. The molecule has 0 aliphatic carbocycles. The van der Waals surface area contributed by atoms with E-state index in [1.54, 1.807) is 0 Å². The molecule has 3 nitrogen and oxygen atoms in total. The molecule has 0 N–H and O–H groups in total. The van der Waals surface area contributed by atoms with Crippen molar-refractivity contribution in [3.05, 3.63) is 157 Å². The molecule has 0 atom stereocenters. The zero-order valence-corrected chi connectivity index (χ0v) is 21.8. The van der Waals surface area contributed by atoms with Gasteiger partial charge in [-0.15, -0.1) is 0 Å². The van der Waals surface area contributed by atoms with Gasteiger partial charge in [-0.3, -0.25) is 0 Å². The van der Waals surface area contributed by atoms with Crippen LogP contribution in [0.4, 0.5) is 17.1 Å². The molecule has 6 aromatic carbocycles. The fourth-order valence-corrected chi connectivity index (χ4v) is 5.59. The number of hydrogen-bond donors (Lipinski definition) is 0. The number of para-hydroxylation sites is 2. The number of fused-ring (bicyclic) bond motifs is 3. The summed E-state index contributed by atoms with van der Waals surface area (Å²) < 4.78 is 2.35. The smallest absolute Gasteiger partial charge is 0.0991 e. The Morgan fingerprint density at radius 1 is 0.500 bits per heavy atom. The van der Waals surface area contributed by atoms with E-state index in [4.69, 9.17) is 0 Å². The summed E-state index contributed by atoms with van der Waals surface area (Å²) in [6.07, 6.45) is 0. The molecule has 7 rings (SSSR count). The van der Waals surface area contributed by atoms with E-state index < -0.39 is 0 Å². The molecule has 0 amide bonds. The number of hydrogen-bond acceptors (Lipinski definition) is 2. The highest BCUT2D eigenvalue weighted by atomic mass is 15.1. The molecule has 0 radical (unpaired) electrons. The molecule has 0 unspecified atom stereocenters. The van der Waals surface area contributed by atoms with Crippen molar-refractivity contribution in [1.82, 2.24) is 4.57 Å². The van der Waals surface area contributed by atoms with Gasteiger partial charge < -0.3 is 9.47 Å². The Morgan fingerprint density at radius 3 is 1.82 bits per heavy atom. The highest BCUT2D eigenvalue weighted by Gasteiger charge is 2.20. The molecule has 0 saturated heterocycles. The summed E-state index contributed by atoms with van der Waals surface area (Å²) in [6.45, 7) is 0. The van der Waals surface area contributed by atoms with Gasteiger partial charge in [-0.25, -0.2) is 0 Å². The first-order chi connectivity index (χ1) is 19.8. The van der Waals surface area contributed by atoms with E-state index in [0.717, 1.165) is 33.8 Å². The topological polar surface area (TPSA) is 32.0 Å². The second kappa shape index (κ2) is 9.94. The van der Waals surface area contributed by atoms with Gasteiger partial charge in [0.25, 0.3) is 0 Å². The van der Waals surface area contributed by atoms with Crippen molar-refractivity contribution in [1.29, 1.82) is 5.26 Å². The Bertz CT molecular complexity index is 1980. The molecule has 7 aromatic rings. The summed E-state index contributed by atoms with van der Waals surface area (Å²) in [5.74, 6) is 0. The lowest BCUT2D eigenvalue weighted by Gasteiger charge is -2.26. The van der Waals surface area contributed by atoms with Crippen LogP contribution in [0.5, 0.6) is 0 Å². The minimum Gasteiger partial charge on any atom is -0.310 e. The second-order valence-corrected chi connectivity index (χ2v) is 9.77. The minimum atomic E-state index is 0.644. The summed E-state index contributed by atoms with van der Waals surface area (Å²) >= 11 is 0. The monoisotopic (exact) mass is 511 g/mol. The van der Waals surface area contributed by atoms with Crippen LogP contribution in [0.15, 0.2) is 152 Å². The van der Waals surface area contributed by atoms with Crippen molar-refractivity contribution in [2.75, 3.05) is 4.90 Å². The number of anilines is 3. The molecular formula is C37H25N3. The van der Waals surface area contributed by atoms with E-state index in [9.17, 15) is 5.26 Å². The minimum absolute atomic E-state index is 0.644. The SMILES string of the molecule is N#Cc1ccc(N(c2ccccc2)c2cccc3c2c2ccccc2n3-c2ccc(-c3ccccc3)cc2)cc1. The van der Waals surface area contributed by atoms with Crippen molar-refractivity contribution in [3.8, 4) is 22.9 Å². The Kier molecular flexibility index (Phi) is 5.85. The van der Waals surface area contributed by atoms with Gasteiger partial charge in [0.15, 0.2) is 0 Å². The van der Waals surface area contributed by atoms with Gasteiger partial charge in [0.2, 0.25) is 0 Å². The van der Waals surface area contributed by atoms with Crippen LogP contribution in [0.1, 0.15) is 5.56 Å². The van der Waals surface area contributed by atoms with E-state index in [2.05, 4.69) is 131 Å². The molecule has 0 fully saturated rings. The fraction of sp³-hybridized carbons (Fsp3) is 0. The summed E-state index contributed by atoms with van der Waals surface area (Å²) in [6, 6.07) is 54.8. The third-order valence-electron chi connectivity index (χ3n) is 7.42. The average molecular weight is 512 g/mol. The molecule has 0 aliphatic rings. The molecule has 1 aromatic heterocycles. The Balaban J connectivity index is 1.46. The molecule has 40 heavy (non-hydrogen) atoms. The largest absolute Gasteiger partial charge is 0.310 e. The highest BCUT2D eigenvalue weighted by molar-refractivity contribution is 6.16. The lowest BCUT2D eigenvalue weighted by atomic mass is 10.1. The zero-order chi connectivity index (χ0) is 26.9. The average Bonchev–Trinajstić information content (AvgIpc) is 3.38. The molecule has 1 heterocycles. The normalized spacial score (nSPS) is 11.0. The van der Waals surface area contributed by atoms with Gasteiger partial charge in [-0.1, -0.05) is 84.9 Å². The van der Waals surface area contributed by atoms with E-state index in [1.165, 1.54) is 21.9 Å². The maximum Gasteiger partial charge on any atom is 0.0991 e. The number of aromatic nitrogens is 1. The quantitative estimate of drug-likeness (QED) is 0.230. The highest BCUT2D eigenvalue weighted by Crippen LogP contribution is 2.43. The Morgan fingerprint density at radius 2 is 1.10 bits per heavy atom. The summed E-state index contributed by atoms with van der Waals surface area (Å²) in [7, 11) is 0. The molecule has 0 aliphatic heterocycles. The molecule has 3 heteroatoms. The lowest BCUT2D eigenvalue weighted by molar-refractivity contribution is 1.18. The van der Waals surface area contributed by atoms with Crippen LogP contribution in [0.25, 0.3) is 38.6 Å². The van der Waals surface area contributed by atoms with Crippen LogP contribution in [-0.2, 0) is 0 Å². The molecule has 0 saturated carbocycles. The number of benzene rings is 6. The van der Waals surface area contributed by atoms with Crippen molar-refractivity contribution in [3.63, 3.8) is 0 Å². The number of nitrogens with zero attached hydrogens (tertiary/aromatic N) is 3. The van der Waals surface area contributed by atoms with Crippen LogP contribution in [-0.4, -0.2) is 4.57 Å². The van der Waals surface area contributed by atoms with Crippen molar-refractivity contribution in [2.45, 2.75) is 0 Å². The Hall–Kier alpha value is -5.59. The third kappa shape index (κ3) is 4.00. The van der Waals surface area contributed by atoms with Gasteiger partial charge in [0.1, 0.15) is 0 Å². The maximum atomic E-state index is 9.39. The van der Waals surface area contributed by atoms with Gasteiger partial charge in [-0.05, 0) is 77.9 Å². The van der Waals surface area contributed by atoms with Crippen LogP contribution in [0, 0.1) is 11.3 Å². The van der Waals surface area contributed by atoms with Crippen LogP contribution in [0.2, 0.25) is 0 Å². The van der Waals surface area contributed by atoms with Crippen LogP contribution >= 0.6 is 0 Å². The van der Waals surface area contributed by atoms with Crippen molar-refractivity contribution in [2.24, 2.45) is 0 Å². The molecule has 188 valence electrons. The van der Waals surface area contributed by atoms with Crippen LogP contribution in [0.3, 0.4) is 0 Å². The Labute approximate surface area is 233 Å². The van der Waals surface area contributed by atoms with Crippen LogP contribution < -0.4 is 4.90 Å². The van der Waals surface area contributed by atoms with Gasteiger partial charge in [0, 0.05) is 27.8 Å². The fourth-order valence-electron chi connectivity index (χ4n) is 5.59.